The molecule has 2 unspecified atom stereocenters. The standard InChI is InChI=1S/C23H34N4O6.ClH/c1-15(26-20(29)18(25)11-5-6-13-24)19(28)27-23(22(31)32)12-7-10-17(23)21(30)33-14-16-8-3-2-4-9-16;/h2-4,8-9,15,17-18H,5-7,10-14,24-25H2,1H3,(H,26,29)(H,27,28)(H,31,32);1H/t15-,17?,18-,23?;/m0./s1. The quantitative estimate of drug-likeness (QED) is 0.208. The highest BCUT2D eigenvalue weighted by Gasteiger charge is 2.54. The second kappa shape index (κ2) is 13.9. The molecule has 11 heteroatoms. The Labute approximate surface area is 205 Å². The van der Waals surface area contributed by atoms with Crippen molar-refractivity contribution in [1.29, 1.82) is 0 Å². The first-order valence-corrected chi connectivity index (χ1v) is 11.2. The molecule has 0 heterocycles. The van der Waals surface area contributed by atoms with Gasteiger partial charge in [-0.3, -0.25) is 14.4 Å². The van der Waals surface area contributed by atoms with E-state index < -0.39 is 47.3 Å². The number of nitrogens with two attached hydrogens (primary N) is 2. The second-order valence-corrected chi connectivity index (χ2v) is 8.43. The van der Waals surface area contributed by atoms with E-state index in [9.17, 15) is 24.3 Å². The summed E-state index contributed by atoms with van der Waals surface area (Å²) in [5.74, 6) is -4.25. The number of esters is 1. The van der Waals surface area contributed by atoms with Crippen molar-refractivity contribution < 1.29 is 29.0 Å². The maximum absolute atomic E-state index is 12.8. The van der Waals surface area contributed by atoms with Crippen molar-refractivity contribution in [2.24, 2.45) is 17.4 Å². The van der Waals surface area contributed by atoms with Gasteiger partial charge in [-0.2, -0.15) is 0 Å². The summed E-state index contributed by atoms with van der Waals surface area (Å²) in [4.78, 5) is 50.0. The third kappa shape index (κ3) is 7.68. The number of carbonyl (C=O) groups is 4. The Hall–Kier alpha value is -2.69. The van der Waals surface area contributed by atoms with Gasteiger partial charge in [0.1, 0.15) is 12.6 Å². The van der Waals surface area contributed by atoms with Gasteiger partial charge in [0.2, 0.25) is 11.8 Å². The van der Waals surface area contributed by atoms with Gasteiger partial charge >= 0.3 is 11.9 Å². The Kier molecular flexibility index (Phi) is 12.0. The van der Waals surface area contributed by atoms with E-state index >= 15 is 0 Å². The van der Waals surface area contributed by atoms with Crippen LogP contribution >= 0.6 is 12.4 Å². The Morgan fingerprint density at radius 3 is 2.47 bits per heavy atom. The van der Waals surface area contributed by atoms with Gasteiger partial charge in [-0.15, -0.1) is 12.4 Å². The van der Waals surface area contributed by atoms with Gasteiger partial charge in [-0.05, 0) is 51.1 Å². The minimum absolute atomic E-state index is 0. The molecule has 0 spiro atoms. The van der Waals surface area contributed by atoms with Crippen molar-refractivity contribution in [3.63, 3.8) is 0 Å². The number of rotatable bonds is 12. The average molecular weight is 499 g/mol. The lowest BCUT2D eigenvalue weighted by Gasteiger charge is -2.32. The molecular weight excluding hydrogens is 464 g/mol. The van der Waals surface area contributed by atoms with Crippen LogP contribution in [0.25, 0.3) is 0 Å². The lowest BCUT2D eigenvalue weighted by molar-refractivity contribution is -0.161. The number of unbranched alkanes of at least 4 members (excludes halogenated alkanes) is 1. The van der Waals surface area contributed by atoms with E-state index in [-0.39, 0.29) is 31.9 Å². The number of carboxylic acids is 1. The fraction of sp³-hybridized carbons (Fsp3) is 0.565. The van der Waals surface area contributed by atoms with Crippen molar-refractivity contribution in [2.75, 3.05) is 6.54 Å². The van der Waals surface area contributed by atoms with Gasteiger partial charge in [0, 0.05) is 0 Å². The normalized spacial score (nSPS) is 21.0. The Balaban J connectivity index is 0.00000578. The third-order valence-electron chi connectivity index (χ3n) is 5.95. The SMILES string of the molecule is C[C@H](NC(=O)[C@@H](N)CCCCN)C(=O)NC1(C(=O)O)CCCC1C(=O)OCc1ccccc1.Cl. The van der Waals surface area contributed by atoms with Gasteiger partial charge in [0.05, 0.1) is 12.0 Å². The molecule has 1 aliphatic rings. The van der Waals surface area contributed by atoms with Crippen molar-refractivity contribution in [1.82, 2.24) is 10.6 Å². The molecule has 1 saturated carbocycles. The van der Waals surface area contributed by atoms with Crippen molar-refractivity contribution in [3.8, 4) is 0 Å². The largest absolute Gasteiger partial charge is 0.479 e. The fourth-order valence-corrected chi connectivity index (χ4v) is 3.97. The zero-order chi connectivity index (χ0) is 24.4. The first kappa shape index (κ1) is 29.3. The first-order chi connectivity index (χ1) is 15.7. The van der Waals surface area contributed by atoms with E-state index in [1.165, 1.54) is 6.92 Å². The summed E-state index contributed by atoms with van der Waals surface area (Å²) in [6.45, 7) is 1.95. The Morgan fingerprint density at radius 2 is 1.85 bits per heavy atom. The summed E-state index contributed by atoms with van der Waals surface area (Å²) in [6, 6.07) is 7.20. The highest BCUT2D eigenvalue weighted by Crippen LogP contribution is 2.37. The molecule has 34 heavy (non-hydrogen) atoms. The summed E-state index contributed by atoms with van der Waals surface area (Å²) in [7, 11) is 0. The van der Waals surface area contributed by atoms with E-state index in [0.29, 0.717) is 25.8 Å². The number of halogens is 1. The smallest absolute Gasteiger partial charge is 0.330 e. The van der Waals surface area contributed by atoms with E-state index in [2.05, 4.69) is 10.6 Å². The molecule has 2 amide bonds. The van der Waals surface area contributed by atoms with Crippen LogP contribution in [0.1, 0.15) is 51.0 Å². The summed E-state index contributed by atoms with van der Waals surface area (Å²) in [5, 5.41) is 15.0. The second-order valence-electron chi connectivity index (χ2n) is 8.43. The number of hydrogen-bond acceptors (Lipinski definition) is 7. The molecule has 190 valence electrons. The van der Waals surface area contributed by atoms with Crippen LogP contribution in [-0.2, 0) is 30.5 Å². The van der Waals surface area contributed by atoms with Crippen LogP contribution in [0.15, 0.2) is 30.3 Å². The Bertz CT molecular complexity index is 840. The fourth-order valence-electron chi connectivity index (χ4n) is 3.97. The zero-order valence-corrected chi connectivity index (χ0v) is 20.1. The molecule has 2 rings (SSSR count). The molecule has 1 aromatic carbocycles. The van der Waals surface area contributed by atoms with Gasteiger partial charge in [-0.25, -0.2) is 4.79 Å². The predicted molar refractivity (Wildman–Crippen MR) is 128 cm³/mol. The van der Waals surface area contributed by atoms with Crippen LogP contribution in [0.3, 0.4) is 0 Å². The minimum atomic E-state index is -1.80. The van der Waals surface area contributed by atoms with Crippen molar-refractivity contribution >= 4 is 36.2 Å². The number of aliphatic carboxylic acids is 1. The van der Waals surface area contributed by atoms with Crippen molar-refractivity contribution in [2.45, 2.75) is 69.7 Å². The highest BCUT2D eigenvalue weighted by molar-refractivity contribution is 5.95. The summed E-state index contributed by atoms with van der Waals surface area (Å²) >= 11 is 0. The van der Waals surface area contributed by atoms with E-state index in [4.69, 9.17) is 16.2 Å². The van der Waals surface area contributed by atoms with Gasteiger partial charge in [0.25, 0.3) is 0 Å². The number of benzene rings is 1. The molecule has 1 aromatic rings. The molecule has 1 fully saturated rings. The molecule has 0 bridgehead atoms. The molecule has 0 aliphatic heterocycles. The summed E-state index contributed by atoms with van der Waals surface area (Å²) in [6.07, 6.45) is 2.63. The van der Waals surface area contributed by atoms with E-state index in [0.717, 1.165) is 12.0 Å². The molecule has 4 atom stereocenters. The van der Waals surface area contributed by atoms with Crippen LogP contribution < -0.4 is 22.1 Å². The topological polar surface area (TPSA) is 174 Å². The van der Waals surface area contributed by atoms with Crippen LogP contribution in [0, 0.1) is 5.92 Å². The number of carboxylic acid groups (broad SMARTS) is 1. The number of amides is 2. The zero-order valence-electron chi connectivity index (χ0n) is 19.3. The highest BCUT2D eigenvalue weighted by atomic mass is 35.5. The van der Waals surface area contributed by atoms with Crippen LogP contribution in [0.5, 0.6) is 0 Å². The molecule has 7 N–H and O–H groups in total. The minimum Gasteiger partial charge on any atom is -0.479 e. The Morgan fingerprint density at radius 1 is 1.18 bits per heavy atom. The number of nitrogens with one attached hydrogen (secondary N) is 2. The molecule has 10 nitrogen and oxygen atoms in total. The number of ether oxygens (including phenoxy) is 1. The average Bonchev–Trinajstić information content (AvgIpc) is 3.23. The number of hydrogen-bond donors (Lipinski definition) is 5. The third-order valence-corrected chi connectivity index (χ3v) is 5.95. The van der Waals surface area contributed by atoms with Crippen molar-refractivity contribution in [3.05, 3.63) is 35.9 Å². The van der Waals surface area contributed by atoms with Gasteiger partial charge in [0.15, 0.2) is 5.54 Å². The number of carbonyl (C=O) groups excluding carboxylic acids is 3. The summed E-state index contributed by atoms with van der Waals surface area (Å²) < 4.78 is 5.35. The van der Waals surface area contributed by atoms with Crippen LogP contribution in [0.4, 0.5) is 0 Å². The molecule has 0 saturated heterocycles. The molecule has 0 radical (unpaired) electrons. The first-order valence-electron chi connectivity index (χ1n) is 11.2. The van der Waals surface area contributed by atoms with Gasteiger partial charge < -0.3 is 31.9 Å². The molecule has 0 aromatic heterocycles. The monoisotopic (exact) mass is 498 g/mol. The predicted octanol–water partition coefficient (Wildman–Crippen LogP) is 0.852. The van der Waals surface area contributed by atoms with Gasteiger partial charge in [-0.1, -0.05) is 36.8 Å². The maximum atomic E-state index is 12.8. The van der Waals surface area contributed by atoms with Crippen LogP contribution in [-0.4, -0.2) is 53.0 Å². The lowest BCUT2D eigenvalue weighted by Crippen LogP contribution is -2.62. The molecular formula is C23H35ClN4O6. The summed E-state index contributed by atoms with van der Waals surface area (Å²) in [5.41, 5.74) is 10.3. The van der Waals surface area contributed by atoms with Crippen LogP contribution in [0.2, 0.25) is 0 Å². The van der Waals surface area contributed by atoms with E-state index in [1.807, 2.05) is 6.07 Å². The van der Waals surface area contributed by atoms with E-state index in [1.54, 1.807) is 24.3 Å². The lowest BCUT2D eigenvalue weighted by atomic mass is 9.86. The molecule has 1 aliphatic carbocycles. The maximum Gasteiger partial charge on any atom is 0.330 e.